The molecule has 5 fully saturated rings. The second-order valence-electron chi connectivity index (χ2n) is 7.45. The first kappa shape index (κ1) is 13.4. The molecule has 0 aromatic rings. The van der Waals surface area contributed by atoms with Crippen molar-refractivity contribution in [1.29, 1.82) is 0 Å². The minimum Gasteiger partial charge on any atom is -0.341 e. The fourth-order valence-corrected chi connectivity index (χ4v) is 6.57. The van der Waals surface area contributed by atoms with Crippen LogP contribution in [-0.4, -0.2) is 48.0 Å². The zero-order valence-electron chi connectivity index (χ0n) is 12.4. The quantitative estimate of drug-likeness (QED) is 0.845. The first-order valence-corrected chi connectivity index (χ1v) is 9.45. The van der Waals surface area contributed by atoms with Crippen LogP contribution < -0.4 is 5.32 Å². The zero-order valence-corrected chi connectivity index (χ0v) is 13.2. The number of hydrogen-bond donors (Lipinski definition) is 1. The molecule has 1 heterocycles. The van der Waals surface area contributed by atoms with Crippen LogP contribution in [0.15, 0.2) is 0 Å². The molecule has 1 N–H and O–H groups in total. The lowest BCUT2D eigenvalue weighted by Gasteiger charge is -2.56. The van der Waals surface area contributed by atoms with E-state index in [1.807, 2.05) is 11.8 Å². The number of hydrogen-bond acceptors (Lipinski definition) is 3. The van der Waals surface area contributed by atoms with Gasteiger partial charge in [0.25, 0.3) is 0 Å². The van der Waals surface area contributed by atoms with Crippen molar-refractivity contribution in [3.05, 3.63) is 0 Å². The van der Waals surface area contributed by atoms with E-state index in [1.165, 1.54) is 32.1 Å². The summed E-state index contributed by atoms with van der Waals surface area (Å²) in [6, 6.07) is 0.611. The van der Waals surface area contributed by atoms with Crippen molar-refractivity contribution in [2.75, 3.05) is 25.1 Å². The second kappa shape index (κ2) is 5.20. The van der Waals surface area contributed by atoms with Gasteiger partial charge in [0, 0.05) is 31.1 Å². The molecule has 5 rings (SSSR count). The number of likely N-dealkylation sites (N-methyl/N-ethyl adjacent to an activating group) is 1. The third kappa shape index (κ3) is 2.19. The van der Waals surface area contributed by atoms with Gasteiger partial charge in [0.05, 0.1) is 6.04 Å². The molecule has 3 nitrogen and oxygen atoms in total. The van der Waals surface area contributed by atoms with Gasteiger partial charge >= 0.3 is 0 Å². The molecule has 0 aromatic carbocycles. The molecule has 0 spiro atoms. The van der Waals surface area contributed by atoms with Gasteiger partial charge in [-0.05, 0) is 55.8 Å². The van der Waals surface area contributed by atoms with Crippen LogP contribution in [0.1, 0.15) is 32.1 Å². The maximum absolute atomic E-state index is 12.8. The smallest absolute Gasteiger partial charge is 0.240 e. The predicted molar refractivity (Wildman–Crippen MR) is 82.7 cm³/mol. The Morgan fingerprint density at radius 2 is 1.75 bits per heavy atom. The molecule has 1 amide bonds. The average Bonchev–Trinajstić information content (AvgIpc) is 2.46. The molecule has 4 saturated carbocycles. The Morgan fingerprint density at radius 3 is 2.30 bits per heavy atom. The van der Waals surface area contributed by atoms with Gasteiger partial charge in [0.2, 0.25) is 5.91 Å². The van der Waals surface area contributed by atoms with Crippen LogP contribution in [0.5, 0.6) is 0 Å². The number of nitrogens with one attached hydrogen (secondary N) is 1. The van der Waals surface area contributed by atoms with Gasteiger partial charge in [0.1, 0.15) is 0 Å². The third-order valence-corrected chi connectivity index (χ3v) is 7.25. The van der Waals surface area contributed by atoms with Gasteiger partial charge in [-0.25, -0.2) is 0 Å². The molecule has 1 aliphatic heterocycles. The van der Waals surface area contributed by atoms with E-state index in [0.29, 0.717) is 11.9 Å². The van der Waals surface area contributed by atoms with Crippen molar-refractivity contribution >= 4 is 17.7 Å². The van der Waals surface area contributed by atoms with Crippen LogP contribution in [0, 0.1) is 23.7 Å². The first-order chi connectivity index (χ1) is 9.72. The van der Waals surface area contributed by atoms with Crippen molar-refractivity contribution in [1.82, 2.24) is 10.2 Å². The van der Waals surface area contributed by atoms with Gasteiger partial charge in [-0.1, -0.05) is 0 Å². The van der Waals surface area contributed by atoms with E-state index in [-0.39, 0.29) is 6.04 Å². The Labute approximate surface area is 126 Å². The van der Waals surface area contributed by atoms with Crippen LogP contribution in [0.25, 0.3) is 0 Å². The van der Waals surface area contributed by atoms with Crippen LogP contribution >= 0.6 is 11.8 Å². The van der Waals surface area contributed by atoms with Crippen molar-refractivity contribution in [3.63, 3.8) is 0 Å². The molecule has 4 aliphatic carbocycles. The Kier molecular flexibility index (Phi) is 3.50. The number of amides is 1. The highest BCUT2D eigenvalue weighted by Crippen LogP contribution is 2.55. The molecule has 1 saturated heterocycles. The van der Waals surface area contributed by atoms with Gasteiger partial charge in [0.15, 0.2) is 0 Å². The van der Waals surface area contributed by atoms with Crippen molar-refractivity contribution in [2.45, 2.75) is 44.2 Å². The van der Waals surface area contributed by atoms with Crippen molar-refractivity contribution in [3.8, 4) is 0 Å². The average molecular weight is 294 g/mol. The van der Waals surface area contributed by atoms with E-state index in [0.717, 1.165) is 41.7 Å². The van der Waals surface area contributed by atoms with E-state index in [4.69, 9.17) is 0 Å². The molecule has 0 radical (unpaired) electrons. The number of carbonyl (C=O) groups excluding carboxylic acids is 1. The summed E-state index contributed by atoms with van der Waals surface area (Å²) in [6.07, 6.45) is 7.05. The lowest BCUT2D eigenvalue weighted by Crippen LogP contribution is -2.60. The van der Waals surface area contributed by atoms with Gasteiger partial charge in [-0.3, -0.25) is 4.79 Å². The molecule has 0 aromatic heterocycles. The topological polar surface area (TPSA) is 32.3 Å². The minimum atomic E-state index is 0.0657. The zero-order chi connectivity index (χ0) is 13.7. The number of nitrogens with zero attached hydrogens (tertiary/aromatic N) is 1. The maximum Gasteiger partial charge on any atom is 0.240 e. The standard InChI is InChI=1S/C16H26N2OS/c1-18(16(19)14-9-20-3-2-17-14)15-12-5-10-4-11(7-12)8-13(15)6-10/h10-15,17H,2-9H2,1H3. The highest BCUT2D eigenvalue weighted by atomic mass is 32.2. The summed E-state index contributed by atoms with van der Waals surface area (Å²) < 4.78 is 0. The second-order valence-corrected chi connectivity index (χ2v) is 8.60. The predicted octanol–water partition coefficient (Wildman–Crippen LogP) is 1.97. The fraction of sp³-hybridized carbons (Fsp3) is 0.938. The van der Waals surface area contributed by atoms with Crippen LogP contribution in [0.4, 0.5) is 0 Å². The maximum atomic E-state index is 12.8. The summed E-state index contributed by atoms with van der Waals surface area (Å²) in [7, 11) is 2.08. The van der Waals surface area contributed by atoms with Crippen LogP contribution in [-0.2, 0) is 4.79 Å². The van der Waals surface area contributed by atoms with E-state index in [1.54, 1.807) is 0 Å². The van der Waals surface area contributed by atoms with Crippen molar-refractivity contribution in [2.24, 2.45) is 23.7 Å². The molecule has 5 aliphatic rings. The molecule has 112 valence electrons. The molecule has 1 atom stereocenters. The lowest BCUT2D eigenvalue weighted by atomic mass is 9.54. The SMILES string of the molecule is CN(C(=O)C1CSCCN1)C1C2CC3CC(C2)CC1C3. The highest BCUT2D eigenvalue weighted by Gasteiger charge is 2.50. The first-order valence-electron chi connectivity index (χ1n) is 8.30. The van der Waals surface area contributed by atoms with E-state index in [9.17, 15) is 4.79 Å². The summed E-state index contributed by atoms with van der Waals surface area (Å²) in [4.78, 5) is 14.9. The third-order valence-electron chi connectivity index (χ3n) is 6.19. The molecule has 1 unspecified atom stereocenters. The van der Waals surface area contributed by atoms with E-state index >= 15 is 0 Å². The highest BCUT2D eigenvalue weighted by molar-refractivity contribution is 7.99. The number of thioether (sulfide) groups is 1. The van der Waals surface area contributed by atoms with Crippen LogP contribution in [0.2, 0.25) is 0 Å². The van der Waals surface area contributed by atoms with Gasteiger partial charge < -0.3 is 10.2 Å². The van der Waals surface area contributed by atoms with Gasteiger partial charge in [-0.15, -0.1) is 0 Å². The number of carbonyl (C=O) groups is 1. The molecule has 4 bridgehead atoms. The number of rotatable bonds is 2. The Bertz CT molecular complexity index is 366. The Morgan fingerprint density at radius 1 is 1.10 bits per heavy atom. The largest absolute Gasteiger partial charge is 0.341 e. The molecular weight excluding hydrogens is 268 g/mol. The van der Waals surface area contributed by atoms with Crippen molar-refractivity contribution < 1.29 is 4.79 Å². The molecular formula is C16H26N2OS. The van der Waals surface area contributed by atoms with Gasteiger partial charge in [-0.2, -0.15) is 11.8 Å². The Balaban J connectivity index is 1.47. The fourth-order valence-electron chi connectivity index (χ4n) is 5.65. The van der Waals surface area contributed by atoms with E-state index in [2.05, 4.69) is 17.3 Å². The van der Waals surface area contributed by atoms with Crippen LogP contribution in [0.3, 0.4) is 0 Å². The molecule has 4 heteroatoms. The summed E-state index contributed by atoms with van der Waals surface area (Å²) >= 11 is 1.91. The molecule has 20 heavy (non-hydrogen) atoms. The monoisotopic (exact) mass is 294 g/mol. The summed E-state index contributed by atoms with van der Waals surface area (Å²) in [6.45, 7) is 0.983. The Hall–Kier alpha value is -0.220. The minimum absolute atomic E-state index is 0.0657. The summed E-state index contributed by atoms with van der Waals surface area (Å²) in [5.41, 5.74) is 0. The summed E-state index contributed by atoms with van der Waals surface area (Å²) in [5.74, 6) is 6.03. The normalized spacial score (nSPS) is 46.5. The lowest BCUT2D eigenvalue weighted by molar-refractivity contribution is -0.142. The van der Waals surface area contributed by atoms with E-state index < -0.39 is 0 Å². The summed E-state index contributed by atoms with van der Waals surface area (Å²) in [5, 5.41) is 3.41.